The molecule has 4 nitrogen and oxygen atoms in total. The second kappa shape index (κ2) is 6.06. The fourth-order valence-corrected chi connectivity index (χ4v) is 2.65. The van der Waals surface area contributed by atoms with Gasteiger partial charge in [-0.2, -0.15) is 0 Å². The SMILES string of the molecule is Cc1cccc(CN2CCN(c3ccccc3)C(=O)C2)n1. The standard InChI is InChI=1S/C17H19N3O/c1-14-6-5-7-15(18-14)12-19-10-11-20(17(21)13-19)16-8-3-2-4-9-16/h2-9H,10-13H2,1H3. The van der Waals surface area contributed by atoms with Gasteiger partial charge in [0.25, 0.3) is 0 Å². The third-order valence-electron chi connectivity index (χ3n) is 3.70. The molecule has 0 saturated carbocycles. The quantitative estimate of drug-likeness (QED) is 0.865. The number of amides is 1. The number of hydrogen-bond donors (Lipinski definition) is 0. The molecule has 0 bridgehead atoms. The van der Waals surface area contributed by atoms with Crippen LogP contribution in [0.2, 0.25) is 0 Å². The lowest BCUT2D eigenvalue weighted by Crippen LogP contribution is -2.50. The maximum Gasteiger partial charge on any atom is 0.241 e. The van der Waals surface area contributed by atoms with Crippen LogP contribution in [0, 0.1) is 6.92 Å². The molecule has 2 heterocycles. The molecule has 2 aromatic rings. The number of hydrogen-bond acceptors (Lipinski definition) is 3. The van der Waals surface area contributed by atoms with Gasteiger partial charge >= 0.3 is 0 Å². The van der Waals surface area contributed by atoms with Crippen molar-refractivity contribution >= 4 is 11.6 Å². The smallest absolute Gasteiger partial charge is 0.241 e. The lowest BCUT2D eigenvalue weighted by atomic mass is 10.2. The van der Waals surface area contributed by atoms with E-state index in [1.54, 1.807) is 0 Å². The van der Waals surface area contributed by atoms with E-state index in [4.69, 9.17) is 0 Å². The Morgan fingerprint density at radius 1 is 1.05 bits per heavy atom. The average molecular weight is 281 g/mol. The summed E-state index contributed by atoms with van der Waals surface area (Å²) >= 11 is 0. The number of piperazine rings is 1. The molecule has 1 aromatic carbocycles. The van der Waals surface area contributed by atoms with Gasteiger partial charge in [0.15, 0.2) is 0 Å². The van der Waals surface area contributed by atoms with E-state index < -0.39 is 0 Å². The Morgan fingerprint density at radius 3 is 2.57 bits per heavy atom. The highest BCUT2D eigenvalue weighted by Crippen LogP contribution is 2.17. The van der Waals surface area contributed by atoms with Gasteiger partial charge in [0.05, 0.1) is 12.2 Å². The third kappa shape index (κ3) is 3.28. The summed E-state index contributed by atoms with van der Waals surface area (Å²) in [7, 11) is 0. The Labute approximate surface area is 125 Å². The minimum atomic E-state index is 0.153. The number of carbonyl (C=O) groups is 1. The van der Waals surface area contributed by atoms with Gasteiger partial charge in [0.1, 0.15) is 0 Å². The summed E-state index contributed by atoms with van der Waals surface area (Å²) in [5, 5.41) is 0. The van der Waals surface area contributed by atoms with Crippen molar-refractivity contribution in [2.45, 2.75) is 13.5 Å². The first kappa shape index (κ1) is 13.8. The topological polar surface area (TPSA) is 36.4 Å². The van der Waals surface area contributed by atoms with E-state index in [2.05, 4.69) is 9.88 Å². The zero-order valence-corrected chi connectivity index (χ0v) is 12.2. The van der Waals surface area contributed by atoms with E-state index in [1.165, 1.54) is 0 Å². The molecular weight excluding hydrogens is 262 g/mol. The molecule has 108 valence electrons. The number of aromatic nitrogens is 1. The molecular formula is C17H19N3O. The first-order chi connectivity index (χ1) is 10.2. The molecule has 1 amide bonds. The summed E-state index contributed by atoms with van der Waals surface area (Å²) < 4.78 is 0. The summed E-state index contributed by atoms with van der Waals surface area (Å²) in [5.74, 6) is 0.153. The molecule has 1 aliphatic heterocycles. The highest BCUT2D eigenvalue weighted by Gasteiger charge is 2.24. The molecule has 1 aromatic heterocycles. The number of para-hydroxylation sites is 1. The van der Waals surface area contributed by atoms with Crippen LogP contribution in [0.1, 0.15) is 11.4 Å². The molecule has 0 atom stereocenters. The Kier molecular flexibility index (Phi) is 3.97. The number of carbonyl (C=O) groups excluding carboxylic acids is 1. The predicted molar refractivity (Wildman–Crippen MR) is 83.0 cm³/mol. The van der Waals surface area contributed by atoms with E-state index in [0.29, 0.717) is 6.54 Å². The number of anilines is 1. The molecule has 1 saturated heterocycles. The van der Waals surface area contributed by atoms with Crippen LogP contribution in [-0.4, -0.2) is 35.4 Å². The largest absolute Gasteiger partial charge is 0.310 e. The average Bonchev–Trinajstić information content (AvgIpc) is 2.48. The number of aryl methyl sites for hydroxylation is 1. The summed E-state index contributed by atoms with van der Waals surface area (Å²) in [4.78, 5) is 20.8. The Balaban J connectivity index is 1.65. The van der Waals surface area contributed by atoms with Gasteiger partial charge in [0.2, 0.25) is 5.91 Å². The fraction of sp³-hybridized carbons (Fsp3) is 0.294. The number of rotatable bonds is 3. The van der Waals surface area contributed by atoms with Crippen LogP contribution < -0.4 is 4.90 Å². The van der Waals surface area contributed by atoms with Crippen LogP contribution in [0.25, 0.3) is 0 Å². The minimum Gasteiger partial charge on any atom is -0.310 e. The van der Waals surface area contributed by atoms with Gasteiger partial charge in [-0.15, -0.1) is 0 Å². The third-order valence-corrected chi connectivity index (χ3v) is 3.70. The van der Waals surface area contributed by atoms with Gasteiger partial charge in [-0.1, -0.05) is 24.3 Å². The van der Waals surface area contributed by atoms with E-state index >= 15 is 0 Å². The molecule has 0 unspecified atom stereocenters. The van der Waals surface area contributed by atoms with Crippen molar-refractivity contribution in [3.8, 4) is 0 Å². The van der Waals surface area contributed by atoms with Crippen molar-refractivity contribution in [3.05, 3.63) is 59.9 Å². The zero-order chi connectivity index (χ0) is 14.7. The highest BCUT2D eigenvalue weighted by molar-refractivity contribution is 5.95. The van der Waals surface area contributed by atoms with E-state index in [1.807, 2.05) is 60.4 Å². The molecule has 0 N–H and O–H groups in total. The summed E-state index contributed by atoms with van der Waals surface area (Å²) in [6, 6.07) is 15.9. The van der Waals surface area contributed by atoms with E-state index in [9.17, 15) is 4.79 Å². The van der Waals surface area contributed by atoms with Crippen molar-refractivity contribution in [2.24, 2.45) is 0 Å². The zero-order valence-electron chi connectivity index (χ0n) is 12.2. The Morgan fingerprint density at radius 2 is 1.86 bits per heavy atom. The van der Waals surface area contributed by atoms with Gasteiger partial charge in [-0.25, -0.2) is 0 Å². The van der Waals surface area contributed by atoms with Crippen LogP contribution in [-0.2, 0) is 11.3 Å². The van der Waals surface area contributed by atoms with E-state index in [-0.39, 0.29) is 5.91 Å². The maximum atomic E-state index is 12.3. The number of benzene rings is 1. The summed E-state index contributed by atoms with van der Waals surface area (Å²) in [5.41, 5.74) is 3.02. The van der Waals surface area contributed by atoms with Crippen LogP contribution in [0.4, 0.5) is 5.69 Å². The van der Waals surface area contributed by atoms with Crippen molar-refractivity contribution in [1.29, 1.82) is 0 Å². The Hall–Kier alpha value is -2.20. The van der Waals surface area contributed by atoms with Gasteiger partial charge in [0, 0.05) is 31.0 Å². The van der Waals surface area contributed by atoms with Gasteiger partial charge in [-0.3, -0.25) is 14.7 Å². The molecule has 21 heavy (non-hydrogen) atoms. The molecule has 4 heteroatoms. The molecule has 1 aliphatic rings. The van der Waals surface area contributed by atoms with Gasteiger partial charge in [-0.05, 0) is 31.2 Å². The van der Waals surface area contributed by atoms with Crippen LogP contribution in [0.15, 0.2) is 48.5 Å². The van der Waals surface area contributed by atoms with Crippen molar-refractivity contribution in [2.75, 3.05) is 24.5 Å². The van der Waals surface area contributed by atoms with Crippen molar-refractivity contribution in [1.82, 2.24) is 9.88 Å². The lowest BCUT2D eigenvalue weighted by Gasteiger charge is -2.34. The van der Waals surface area contributed by atoms with Gasteiger partial charge < -0.3 is 4.90 Å². The van der Waals surface area contributed by atoms with Crippen LogP contribution >= 0.6 is 0 Å². The normalized spacial score (nSPS) is 16.2. The first-order valence-electron chi connectivity index (χ1n) is 7.23. The number of nitrogens with zero attached hydrogens (tertiary/aromatic N) is 3. The highest BCUT2D eigenvalue weighted by atomic mass is 16.2. The number of pyridine rings is 1. The monoisotopic (exact) mass is 281 g/mol. The lowest BCUT2D eigenvalue weighted by molar-refractivity contribution is -0.121. The minimum absolute atomic E-state index is 0.153. The van der Waals surface area contributed by atoms with Crippen LogP contribution in [0.5, 0.6) is 0 Å². The summed E-state index contributed by atoms with van der Waals surface area (Å²) in [6.45, 7) is 4.77. The molecule has 1 fully saturated rings. The maximum absolute atomic E-state index is 12.3. The predicted octanol–water partition coefficient (Wildman–Crippen LogP) is 2.24. The van der Waals surface area contributed by atoms with E-state index in [0.717, 1.165) is 36.7 Å². The van der Waals surface area contributed by atoms with Crippen molar-refractivity contribution < 1.29 is 4.79 Å². The Bertz CT molecular complexity index is 627. The van der Waals surface area contributed by atoms with Crippen molar-refractivity contribution in [3.63, 3.8) is 0 Å². The molecule has 0 aliphatic carbocycles. The molecule has 0 spiro atoms. The van der Waals surface area contributed by atoms with Crippen LogP contribution in [0.3, 0.4) is 0 Å². The second-order valence-electron chi connectivity index (χ2n) is 5.36. The second-order valence-corrected chi connectivity index (χ2v) is 5.36. The summed E-state index contributed by atoms with van der Waals surface area (Å²) in [6.07, 6.45) is 0. The molecule has 0 radical (unpaired) electrons. The molecule has 3 rings (SSSR count). The fourth-order valence-electron chi connectivity index (χ4n) is 2.65. The first-order valence-corrected chi connectivity index (χ1v) is 7.23.